The van der Waals surface area contributed by atoms with Crippen LogP contribution in [0.3, 0.4) is 0 Å². The standard InChI is InChI=1S/C29H25ClN4O5/c1-17(28(35)36)21-7-4-6-10-24(21)32-16-19-11-13-20(14-12-19)26-27(25(15-31)39-34-26)33-29(37)38-18(2)22-8-3-5-9-23(22)30/h3-14,17-18,32H,16H2,1-2H3,(H,33,37)(H,35,36). The summed E-state index contributed by atoms with van der Waals surface area (Å²) in [6.07, 6.45) is -1.43. The van der Waals surface area contributed by atoms with Gasteiger partial charge in [0.2, 0.25) is 0 Å². The first kappa shape index (κ1) is 27.2. The van der Waals surface area contributed by atoms with Crippen molar-refractivity contribution in [2.45, 2.75) is 32.4 Å². The van der Waals surface area contributed by atoms with E-state index in [1.165, 1.54) is 0 Å². The van der Waals surface area contributed by atoms with Gasteiger partial charge in [0.25, 0.3) is 5.76 Å². The van der Waals surface area contributed by atoms with E-state index in [4.69, 9.17) is 20.9 Å². The molecule has 1 heterocycles. The molecule has 0 fully saturated rings. The number of aliphatic carboxylic acids is 1. The molecule has 1 amide bonds. The van der Waals surface area contributed by atoms with Crippen LogP contribution in [-0.2, 0) is 16.1 Å². The first-order valence-corrected chi connectivity index (χ1v) is 12.4. The molecule has 2 atom stereocenters. The Bertz CT molecular complexity index is 1530. The number of carbonyl (C=O) groups is 2. The maximum absolute atomic E-state index is 12.6. The van der Waals surface area contributed by atoms with Crippen molar-refractivity contribution < 1.29 is 24.0 Å². The van der Waals surface area contributed by atoms with E-state index in [-0.39, 0.29) is 17.1 Å². The number of benzene rings is 3. The number of amides is 1. The van der Waals surface area contributed by atoms with Crippen LogP contribution in [0.1, 0.15) is 48.3 Å². The van der Waals surface area contributed by atoms with E-state index in [1.54, 1.807) is 62.4 Å². The summed E-state index contributed by atoms with van der Waals surface area (Å²) in [6.45, 7) is 3.78. The van der Waals surface area contributed by atoms with Crippen LogP contribution in [0.25, 0.3) is 11.3 Å². The number of hydrogen-bond donors (Lipinski definition) is 3. The van der Waals surface area contributed by atoms with Crippen LogP contribution in [0.15, 0.2) is 77.3 Å². The number of carboxylic acids is 1. The number of rotatable bonds is 9. The second-order valence-corrected chi connectivity index (χ2v) is 9.15. The fourth-order valence-electron chi connectivity index (χ4n) is 3.99. The highest BCUT2D eigenvalue weighted by atomic mass is 35.5. The lowest BCUT2D eigenvalue weighted by atomic mass is 9.99. The number of nitrogens with zero attached hydrogens (tertiary/aromatic N) is 2. The monoisotopic (exact) mass is 544 g/mol. The normalized spacial score (nSPS) is 12.2. The Kier molecular flexibility index (Phi) is 8.49. The smallest absolute Gasteiger partial charge is 0.412 e. The fraction of sp³-hybridized carbons (Fsp3) is 0.172. The lowest BCUT2D eigenvalue weighted by Gasteiger charge is -2.15. The van der Waals surface area contributed by atoms with Crippen molar-refractivity contribution in [2.24, 2.45) is 0 Å². The third-order valence-corrected chi connectivity index (χ3v) is 6.50. The maximum Gasteiger partial charge on any atom is 0.412 e. The molecule has 0 radical (unpaired) electrons. The number of nitriles is 1. The van der Waals surface area contributed by atoms with Crippen LogP contribution in [0.2, 0.25) is 5.02 Å². The predicted molar refractivity (Wildman–Crippen MR) is 146 cm³/mol. The van der Waals surface area contributed by atoms with Gasteiger partial charge in [0.1, 0.15) is 23.6 Å². The van der Waals surface area contributed by atoms with Crippen molar-refractivity contribution in [3.05, 3.63) is 100 Å². The van der Waals surface area contributed by atoms with Gasteiger partial charge in [0.05, 0.1) is 5.92 Å². The van der Waals surface area contributed by atoms with Crippen molar-refractivity contribution in [3.63, 3.8) is 0 Å². The summed E-state index contributed by atoms with van der Waals surface area (Å²) in [6, 6.07) is 23.5. The Balaban J connectivity index is 1.47. The van der Waals surface area contributed by atoms with Gasteiger partial charge in [-0.05, 0) is 37.1 Å². The molecule has 0 saturated heterocycles. The minimum Gasteiger partial charge on any atom is -0.481 e. The first-order valence-electron chi connectivity index (χ1n) is 12.0. The zero-order chi connectivity index (χ0) is 27.9. The largest absolute Gasteiger partial charge is 0.481 e. The van der Waals surface area contributed by atoms with Gasteiger partial charge in [0, 0.05) is 28.4 Å². The van der Waals surface area contributed by atoms with Crippen molar-refractivity contribution >= 4 is 35.0 Å². The molecule has 4 aromatic rings. The lowest BCUT2D eigenvalue weighted by Crippen LogP contribution is -2.17. The summed E-state index contributed by atoms with van der Waals surface area (Å²) in [5.74, 6) is -1.71. The fourth-order valence-corrected chi connectivity index (χ4v) is 4.28. The second kappa shape index (κ2) is 12.2. The Morgan fingerprint density at radius 2 is 1.72 bits per heavy atom. The van der Waals surface area contributed by atoms with Gasteiger partial charge < -0.3 is 19.7 Å². The third kappa shape index (κ3) is 6.37. The highest BCUT2D eigenvalue weighted by Gasteiger charge is 2.22. The molecule has 2 unspecified atom stereocenters. The van der Waals surface area contributed by atoms with Crippen molar-refractivity contribution in [1.82, 2.24) is 5.16 Å². The van der Waals surface area contributed by atoms with E-state index >= 15 is 0 Å². The molecule has 9 nitrogen and oxygen atoms in total. The summed E-state index contributed by atoms with van der Waals surface area (Å²) in [5, 5.41) is 29.2. The van der Waals surface area contributed by atoms with Crippen molar-refractivity contribution in [1.29, 1.82) is 5.26 Å². The number of nitrogens with one attached hydrogen (secondary N) is 2. The summed E-state index contributed by atoms with van der Waals surface area (Å²) in [4.78, 5) is 24.1. The van der Waals surface area contributed by atoms with Crippen LogP contribution in [-0.4, -0.2) is 22.3 Å². The molecule has 0 spiro atoms. The van der Waals surface area contributed by atoms with Crippen molar-refractivity contribution in [3.8, 4) is 17.3 Å². The number of carbonyl (C=O) groups excluding carboxylic acids is 1. The van der Waals surface area contributed by atoms with Gasteiger partial charge in [-0.2, -0.15) is 5.26 Å². The molecule has 198 valence electrons. The molecular weight excluding hydrogens is 520 g/mol. The minimum absolute atomic E-state index is 0.0938. The number of carboxylic acid groups (broad SMARTS) is 1. The Morgan fingerprint density at radius 1 is 1.05 bits per heavy atom. The second-order valence-electron chi connectivity index (χ2n) is 8.74. The molecule has 0 aliphatic rings. The molecule has 3 aromatic carbocycles. The molecule has 39 heavy (non-hydrogen) atoms. The van der Waals surface area contributed by atoms with Gasteiger partial charge in [-0.15, -0.1) is 0 Å². The zero-order valence-corrected chi connectivity index (χ0v) is 21.9. The maximum atomic E-state index is 12.6. The van der Waals surface area contributed by atoms with E-state index in [1.807, 2.05) is 30.3 Å². The highest BCUT2D eigenvalue weighted by Crippen LogP contribution is 2.32. The van der Waals surface area contributed by atoms with E-state index in [9.17, 15) is 20.0 Å². The predicted octanol–water partition coefficient (Wildman–Crippen LogP) is 6.98. The molecule has 0 aliphatic carbocycles. The number of hydrogen-bond acceptors (Lipinski definition) is 7. The topological polar surface area (TPSA) is 137 Å². The molecule has 1 aromatic heterocycles. The minimum atomic E-state index is -0.899. The molecule has 3 N–H and O–H groups in total. The number of para-hydroxylation sites is 1. The van der Waals surface area contributed by atoms with Crippen LogP contribution in [0, 0.1) is 11.3 Å². The summed E-state index contributed by atoms with van der Waals surface area (Å²) in [5.41, 5.74) is 3.97. The molecule has 0 bridgehead atoms. The molecule has 4 rings (SSSR count). The SMILES string of the molecule is CC(OC(=O)Nc1c(-c2ccc(CNc3ccccc3C(C)C(=O)O)cc2)noc1C#N)c1ccccc1Cl. The third-order valence-electron chi connectivity index (χ3n) is 6.16. The number of anilines is 2. The van der Waals surface area contributed by atoms with Crippen LogP contribution in [0.5, 0.6) is 0 Å². The van der Waals surface area contributed by atoms with Gasteiger partial charge in [0.15, 0.2) is 0 Å². The van der Waals surface area contributed by atoms with Crippen LogP contribution in [0.4, 0.5) is 16.2 Å². The van der Waals surface area contributed by atoms with Crippen molar-refractivity contribution in [2.75, 3.05) is 10.6 Å². The Morgan fingerprint density at radius 3 is 2.38 bits per heavy atom. The van der Waals surface area contributed by atoms with Crippen LogP contribution < -0.4 is 10.6 Å². The first-order chi connectivity index (χ1) is 18.8. The number of ether oxygens (including phenoxy) is 1. The zero-order valence-electron chi connectivity index (χ0n) is 21.1. The summed E-state index contributed by atoms with van der Waals surface area (Å²) in [7, 11) is 0. The molecule has 0 aliphatic heterocycles. The average molecular weight is 545 g/mol. The van der Waals surface area contributed by atoms with Gasteiger partial charge in [-0.25, -0.2) is 4.79 Å². The quantitative estimate of drug-likeness (QED) is 0.205. The summed E-state index contributed by atoms with van der Waals surface area (Å²) >= 11 is 6.19. The summed E-state index contributed by atoms with van der Waals surface area (Å²) < 4.78 is 10.6. The van der Waals surface area contributed by atoms with Gasteiger partial charge in [-0.3, -0.25) is 10.1 Å². The van der Waals surface area contributed by atoms with Gasteiger partial charge in [-0.1, -0.05) is 77.4 Å². The van der Waals surface area contributed by atoms with E-state index in [2.05, 4.69) is 15.8 Å². The Hall–Kier alpha value is -4.81. The van der Waals surface area contributed by atoms with E-state index < -0.39 is 24.1 Å². The average Bonchev–Trinajstić information content (AvgIpc) is 3.34. The lowest BCUT2D eigenvalue weighted by molar-refractivity contribution is -0.138. The van der Waals surface area contributed by atoms with Crippen LogP contribution >= 0.6 is 11.6 Å². The molecule has 10 heteroatoms. The van der Waals surface area contributed by atoms with E-state index in [0.29, 0.717) is 28.3 Å². The highest BCUT2D eigenvalue weighted by molar-refractivity contribution is 6.31. The molecule has 0 saturated carbocycles. The van der Waals surface area contributed by atoms with E-state index in [0.717, 1.165) is 11.3 Å². The molecular formula is C29H25ClN4O5. The Labute approximate surface area is 230 Å². The number of aromatic nitrogens is 1. The number of halogens is 1. The van der Waals surface area contributed by atoms with Gasteiger partial charge >= 0.3 is 12.1 Å².